The van der Waals surface area contributed by atoms with Crippen molar-refractivity contribution in [3.8, 4) is 11.5 Å². The van der Waals surface area contributed by atoms with Crippen LogP contribution in [0.2, 0.25) is 0 Å². The van der Waals surface area contributed by atoms with Crippen LogP contribution in [-0.2, 0) is 9.53 Å². The highest BCUT2D eigenvalue weighted by atomic mass is 32.1. The van der Waals surface area contributed by atoms with E-state index in [1.165, 1.54) is 7.11 Å². The van der Waals surface area contributed by atoms with E-state index in [0.29, 0.717) is 16.7 Å². The Hall–Kier alpha value is -1.82. The smallest absolute Gasteiger partial charge is 0.343 e. The van der Waals surface area contributed by atoms with Crippen molar-refractivity contribution in [1.82, 2.24) is 4.90 Å². The summed E-state index contributed by atoms with van der Waals surface area (Å²) in [5, 5.41) is 0.377. The number of aryl methyl sites for hydroxylation is 1. The minimum Gasteiger partial charge on any atom is -0.482 e. The van der Waals surface area contributed by atoms with Crippen LogP contribution in [0.3, 0.4) is 0 Å². The van der Waals surface area contributed by atoms with Gasteiger partial charge in [0.25, 0.3) is 5.17 Å². The highest BCUT2D eigenvalue weighted by Gasteiger charge is 2.07. The number of esters is 1. The fourth-order valence-electron chi connectivity index (χ4n) is 1.24. The Morgan fingerprint density at radius 2 is 2.05 bits per heavy atom. The minimum atomic E-state index is -0.423. The lowest BCUT2D eigenvalue weighted by molar-refractivity contribution is -0.142. The molecule has 0 atom stereocenters. The predicted octanol–water partition coefficient (Wildman–Crippen LogP) is 1.77. The Labute approximate surface area is 118 Å². The lowest BCUT2D eigenvalue weighted by Gasteiger charge is -2.15. The van der Waals surface area contributed by atoms with E-state index >= 15 is 0 Å². The zero-order valence-electron chi connectivity index (χ0n) is 11.4. The first-order valence-electron chi connectivity index (χ1n) is 5.63. The van der Waals surface area contributed by atoms with Crippen LogP contribution in [0.15, 0.2) is 18.2 Å². The molecule has 5 nitrogen and oxygen atoms in total. The van der Waals surface area contributed by atoms with Crippen molar-refractivity contribution in [2.45, 2.75) is 6.92 Å². The van der Waals surface area contributed by atoms with Crippen LogP contribution in [-0.4, -0.2) is 43.9 Å². The van der Waals surface area contributed by atoms with E-state index in [2.05, 4.69) is 4.74 Å². The zero-order chi connectivity index (χ0) is 14.4. The van der Waals surface area contributed by atoms with Crippen molar-refractivity contribution in [2.75, 3.05) is 27.8 Å². The molecule has 0 spiro atoms. The number of hydrogen-bond donors (Lipinski definition) is 0. The average Bonchev–Trinajstić information content (AvgIpc) is 2.37. The van der Waals surface area contributed by atoms with Gasteiger partial charge in [0.05, 0.1) is 7.11 Å². The average molecular weight is 283 g/mol. The summed E-state index contributed by atoms with van der Waals surface area (Å²) < 4.78 is 15.3. The Balaban J connectivity index is 2.69. The monoisotopic (exact) mass is 283 g/mol. The molecular weight excluding hydrogens is 266 g/mol. The largest absolute Gasteiger partial charge is 0.482 e. The van der Waals surface area contributed by atoms with Gasteiger partial charge in [0.15, 0.2) is 6.61 Å². The van der Waals surface area contributed by atoms with Crippen LogP contribution < -0.4 is 9.47 Å². The number of rotatable bonds is 4. The Kier molecular flexibility index (Phi) is 5.57. The van der Waals surface area contributed by atoms with Crippen molar-refractivity contribution in [3.63, 3.8) is 0 Å². The number of ether oxygens (including phenoxy) is 3. The van der Waals surface area contributed by atoms with E-state index < -0.39 is 5.97 Å². The summed E-state index contributed by atoms with van der Waals surface area (Å²) in [5.41, 5.74) is 0.850. The second-order valence-electron chi connectivity index (χ2n) is 4.05. The first kappa shape index (κ1) is 15.2. The Morgan fingerprint density at radius 3 is 2.58 bits per heavy atom. The van der Waals surface area contributed by atoms with E-state index in [1.807, 2.05) is 21.0 Å². The third-order valence-electron chi connectivity index (χ3n) is 2.29. The SMILES string of the molecule is COC(=O)COc1ccc(OC(=S)N(C)C)cc1C. The van der Waals surface area contributed by atoms with Crippen LogP contribution in [0.1, 0.15) is 5.56 Å². The van der Waals surface area contributed by atoms with Gasteiger partial charge >= 0.3 is 5.97 Å². The van der Waals surface area contributed by atoms with E-state index in [0.717, 1.165) is 5.56 Å². The van der Waals surface area contributed by atoms with Crippen molar-refractivity contribution in [2.24, 2.45) is 0 Å². The molecule has 0 fully saturated rings. The fraction of sp³-hybridized carbons (Fsp3) is 0.385. The first-order valence-corrected chi connectivity index (χ1v) is 6.04. The summed E-state index contributed by atoms with van der Waals surface area (Å²) in [6.07, 6.45) is 0. The van der Waals surface area contributed by atoms with Crippen LogP contribution in [0.25, 0.3) is 0 Å². The first-order chi connectivity index (χ1) is 8.93. The van der Waals surface area contributed by atoms with Crippen LogP contribution in [0, 0.1) is 6.92 Å². The molecule has 104 valence electrons. The molecule has 0 aliphatic rings. The number of benzene rings is 1. The number of thiocarbonyl (C=S) groups is 1. The maximum absolute atomic E-state index is 11.0. The molecule has 0 bridgehead atoms. The number of hydrogen-bond acceptors (Lipinski definition) is 5. The molecule has 0 amide bonds. The highest BCUT2D eigenvalue weighted by Crippen LogP contribution is 2.23. The van der Waals surface area contributed by atoms with Gasteiger partial charge in [-0.05, 0) is 42.9 Å². The molecule has 0 heterocycles. The van der Waals surface area contributed by atoms with Crippen LogP contribution >= 0.6 is 12.2 Å². The highest BCUT2D eigenvalue weighted by molar-refractivity contribution is 7.80. The number of nitrogens with zero attached hydrogens (tertiary/aromatic N) is 1. The van der Waals surface area contributed by atoms with Crippen molar-refractivity contribution in [3.05, 3.63) is 23.8 Å². The molecule has 0 saturated carbocycles. The van der Waals surface area contributed by atoms with E-state index in [4.69, 9.17) is 21.7 Å². The predicted molar refractivity (Wildman–Crippen MR) is 75.6 cm³/mol. The molecule has 19 heavy (non-hydrogen) atoms. The number of methoxy groups -OCH3 is 1. The molecular formula is C13H17NO4S. The quantitative estimate of drug-likeness (QED) is 0.620. The van der Waals surface area contributed by atoms with E-state index in [9.17, 15) is 4.79 Å². The molecule has 0 aliphatic carbocycles. The third kappa shape index (κ3) is 4.75. The fourth-order valence-corrected chi connectivity index (χ4v) is 1.33. The summed E-state index contributed by atoms with van der Waals surface area (Å²) in [6.45, 7) is 1.74. The summed E-state index contributed by atoms with van der Waals surface area (Å²) >= 11 is 5.05. The van der Waals surface area contributed by atoms with Crippen molar-refractivity contribution in [1.29, 1.82) is 0 Å². The van der Waals surface area contributed by atoms with Gasteiger partial charge in [-0.3, -0.25) is 0 Å². The van der Waals surface area contributed by atoms with Crippen molar-refractivity contribution < 1.29 is 19.0 Å². The summed E-state index contributed by atoms with van der Waals surface area (Å²) in [6, 6.07) is 5.25. The van der Waals surface area contributed by atoms with Gasteiger partial charge in [-0.15, -0.1) is 0 Å². The van der Waals surface area contributed by atoms with Crippen LogP contribution in [0.5, 0.6) is 11.5 Å². The summed E-state index contributed by atoms with van der Waals surface area (Å²) in [7, 11) is 4.93. The Bertz CT molecular complexity index is 474. The maximum Gasteiger partial charge on any atom is 0.343 e. The lowest BCUT2D eigenvalue weighted by Crippen LogP contribution is -2.25. The molecule has 0 unspecified atom stereocenters. The van der Waals surface area contributed by atoms with Gasteiger partial charge in [-0.1, -0.05) is 0 Å². The number of carbonyl (C=O) groups is 1. The molecule has 0 aromatic heterocycles. The van der Waals surface area contributed by atoms with Gasteiger partial charge < -0.3 is 19.1 Å². The lowest BCUT2D eigenvalue weighted by atomic mass is 10.2. The van der Waals surface area contributed by atoms with Gasteiger partial charge in [0, 0.05) is 14.1 Å². The van der Waals surface area contributed by atoms with Gasteiger partial charge in [0.2, 0.25) is 0 Å². The molecule has 1 rings (SSSR count). The third-order valence-corrected chi connectivity index (χ3v) is 2.74. The molecule has 0 aliphatic heterocycles. The van der Waals surface area contributed by atoms with Gasteiger partial charge in [-0.25, -0.2) is 4.79 Å². The number of carbonyl (C=O) groups excluding carboxylic acids is 1. The van der Waals surface area contributed by atoms with Gasteiger partial charge in [-0.2, -0.15) is 0 Å². The van der Waals surface area contributed by atoms with Crippen LogP contribution in [0.4, 0.5) is 0 Å². The van der Waals surface area contributed by atoms with E-state index in [-0.39, 0.29) is 6.61 Å². The van der Waals surface area contributed by atoms with Gasteiger partial charge in [0.1, 0.15) is 11.5 Å². The molecule has 0 N–H and O–H groups in total. The molecule has 6 heteroatoms. The summed E-state index contributed by atoms with van der Waals surface area (Å²) in [5.74, 6) is 0.809. The molecule has 1 aromatic rings. The standard InChI is InChI=1S/C13H17NO4S/c1-9-7-10(18-13(19)14(2)3)5-6-11(9)17-8-12(15)16-4/h5-7H,8H2,1-4H3. The Morgan fingerprint density at radius 1 is 1.37 bits per heavy atom. The maximum atomic E-state index is 11.0. The second kappa shape index (κ2) is 6.94. The second-order valence-corrected chi connectivity index (χ2v) is 4.40. The zero-order valence-corrected chi connectivity index (χ0v) is 12.2. The minimum absolute atomic E-state index is 0.117. The topological polar surface area (TPSA) is 48.0 Å². The normalized spacial score (nSPS) is 9.68. The van der Waals surface area contributed by atoms with Crippen molar-refractivity contribution >= 4 is 23.4 Å². The summed E-state index contributed by atoms with van der Waals surface area (Å²) in [4.78, 5) is 12.7. The molecule has 0 saturated heterocycles. The molecule has 0 radical (unpaired) electrons. The molecule has 1 aromatic carbocycles. The van der Waals surface area contributed by atoms with E-state index in [1.54, 1.807) is 23.1 Å².